The third-order valence-corrected chi connectivity index (χ3v) is 5.62. The average molecular weight is 256 g/mol. The van der Waals surface area contributed by atoms with Gasteiger partial charge >= 0.3 is 0 Å². The van der Waals surface area contributed by atoms with Gasteiger partial charge in [-0.15, -0.1) is 0 Å². The summed E-state index contributed by atoms with van der Waals surface area (Å²) in [7, 11) is 0. The number of Topliss-reactive ketones (excluding diaryl/α,β-unsaturated/α-hetero) is 1. The zero-order chi connectivity index (χ0) is 13.8. The van der Waals surface area contributed by atoms with Gasteiger partial charge < -0.3 is 5.11 Å². The zero-order valence-electron chi connectivity index (χ0n) is 11.7. The van der Waals surface area contributed by atoms with Crippen molar-refractivity contribution in [3.05, 3.63) is 41.5 Å². The number of rotatable bonds is 1. The summed E-state index contributed by atoms with van der Waals surface area (Å²) in [5, 5.41) is 10.5. The molecule has 0 saturated heterocycles. The summed E-state index contributed by atoms with van der Waals surface area (Å²) in [6.45, 7) is 6.38. The van der Waals surface area contributed by atoms with Gasteiger partial charge in [0.25, 0.3) is 0 Å². The first-order valence-electron chi connectivity index (χ1n) is 6.93. The van der Waals surface area contributed by atoms with Gasteiger partial charge in [0.05, 0.1) is 0 Å². The lowest BCUT2D eigenvalue weighted by molar-refractivity contribution is -0.125. The van der Waals surface area contributed by atoms with E-state index in [1.54, 1.807) is 0 Å². The topological polar surface area (TPSA) is 37.3 Å². The molecule has 1 N–H and O–H groups in total. The second-order valence-electron chi connectivity index (χ2n) is 6.60. The molecule has 0 amide bonds. The SMILES string of the molecule is CC1(C)[C@H]2CC[C@@]1(C)C(=O)C2=C(O)c1ccccc1. The van der Waals surface area contributed by atoms with Crippen LogP contribution in [0.1, 0.15) is 39.2 Å². The number of hydrogen-bond donors (Lipinski definition) is 1. The largest absolute Gasteiger partial charge is 0.507 e. The van der Waals surface area contributed by atoms with Gasteiger partial charge in [0.15, 0.2) is 5.78 Å². The summed E-state index contributed by atoms with van der Waals surface area (Å²) in [6, 6.07) is 9.40. The quantitative estimate of drug-likeness (QED) is 0.609. The minimum Gasteiger partial charge on any atom is -0.507 e. The molecule has 1 aromatic carbocycles. The maximum Gasteiger partial charge on any atom is 0.169 e. The summed E-state index contributed by atoms with van der Waals surface area (Å²) >= 11 is 0. The van der Waals surface area contributed by atoms with E-state index in [4.69, 9.17) is 0 Å². The third kappa shape index (κ3) is 1.40. The molecule has 0 aromatic heterocycles. The van der Waals surface area contributed by atoms with E-state index in [0.717, 1.165) is 18.4 Å². The number of carbonyl (C=O) groups excluding carboxylic acids is 1. The smallest absolute Gasteiger partial charge is 0.169 e. The van der Waals surface area contributed by atoms with Crippen molar-refractivity contribution in [1.29, 1.82) is 0 Å². The van der Waals surface area contributed by atoms with Crippen LogP contribution in [0.3, 0.4) is 0 Å². The summed E-state index contributed by atoms with van der Waals surface area (Å²) in [4.78, 5) is 12.7. The lowest BCUT2D eigenvalue weighted by Crippen LogP contribution is -2.32. The van der Waals surface area contributed by atoms with Crippen LogP contribution in [0.2, 0.25) is 0 Å². The van der Waals surface area contributed by atoms with E-state index in [-0.39, 0.29) is 28.3 Å². The van der Waals surface area contributed by atoms with E-state index in [2.05, 4.69) is 20.8 Å². The summed E-state index contributed by atoms with van der Waals surface area (Å²) < 4.78 is 0. The van der Waals surface area contributed by atoms with Crippen LogP contribution in [0.4, 0.5) is 0 Å². The van der Waals surface area contributed by atoms with E-state index < -0.39 is 0 Å². The zero-order valence-corrected chi connectivity index (χ0v) is 11.7. The van der Waals surface area contributed by atoms with Gasteiger partial charge in [0, 0.05) is 16.6 Å². The first kappa shape index (κ1) is 12.5. The molecule has 0 unspecified atom stereocenters. The predicted octanol–water partition coefficient (Wildman–Crippen LogP) is 3.98. The molecular formula is C17H20O2. The first-order valence-corrected chi connectivity index (χ1v) is 6.93. The lowest BCUT2D eigenvalue weighted by atomic mass is 9.70. The minimum atomic E-state index is -0.310. The molecule has 2 fully saturated rings. The fraction of sp³-hybridized carbons (Fsp3) is 0.471. The second kappa shape index (κ2) is 3.72. The van der Waals surface area contributed by atoms with Crippen LogP contribution in [-0.2, 0) is 4.79 Å². The van der Waals surface area contributed by atoms with Gasteiger partial charge in [-0.25, -0.2) is 0 Å². The monoisotopic (exact) mass is 256 g/mol. The van der Waals surface area contributed by atoms with Crippen LogP contribution in [0, 0.1) is 16.7 Å². The van der Waals surface area contributed by atoms with Crippen LogP contribution in [0.15, 0.2) is 35.9 Å². The Balaban J connectivity index is 2.16. The van der Waals surface area contributed by atoms with E-state index in [0.29, 0.717) is 5.57 Å². The predicted molar refractivity (Wildman–Crippen MR) is 75.6 cm³/mol. The van der Waals surface area contributed by atoms with Gasteiger partial charge in [0.2, 0.25) is 0 Å². The molecular weight excluding hydrogens is 236 g/mol. The number of carbonyl (C=O) groups is 1. The molecule has 0 spiro atoms. The van der Waals surface area contributed by atoms with E-state index >= 15 is 0 Å². The van der Waals surface area contributed by atoms with Crippen LogP contribution >= 0.6 is 0 Å². The van der Waals surface area contributed by atoms with Crippen LogP contribution in [0.25, 0.3) is 5.76 Å². The van der Waals surface area contributed by atoms with Gasteiger partial charge in [-0.2, -0.15) is 0 Å². The second-order valence-corrected chi connectivity index (χ2v) is 6.60. The van der Waals surface area contributed by atoms with E-state index in [1.165, 1.54) is 0 Å². The van der Waals surface area contributed by atoms with Crippen molar-refractivity contribution in [2.75, 3.05) is 0 Å². The highest BCUT2D eigenvalue weighted by Crippen LogP contribution is 2.66. The fourth-order valence-corrected chi connectivity index (χ4v) is 3.89. The summed E-state index contributed by atoms with van der Waals surface area (Å²) in [6.07, 6.45) is 1.94. The van der Waals surface area contributed by atoms with Crippen molar-refractivity contribution in [2.45, 2.75) is 33.6 Å². The average Bonchev–Trinajstić information content (AvgIpc) is 2.71. The molecule has 0 radical (unpaired) electrons. The lowest BCUT2D eigenvalue weighted by Gasteiger charge is -2.31. The molecule has 1 aromatic rings. The summed E-state index contributed by atoms with van der Waals surface area (Å²) in [5.41, 5.74) is 1.04. The van der Waals surface area contributed by atoms with Gasteiger partial charge in [-0.1, -0.05) is 51.1 Å². The highest BCUT2D eigenvalue weighted by atomic mass is 16.3. The molecule has 2 bridgehead atoms. The maximum absolute atomic E-state index is 12.7. The van der Waals surface area contributed by atoms with Crippen LogP contribution in [0.5, 0.6) is 0 Å². The van der Waals surface area contributed by atoms with Crippen molar-refractivity contribution in [1.82, 2.24) is 0 Å². The molecule has 2 atom stereocenters. The van der Waals surface area contributed by atoms with Gasteiger partial charge in [0.1, 0.15) is 5.76 Å². The normalized spacial score (nSPS) is 34.7. The maximum atomic E-state index is 12.7. The number of benzene rings is 1. The highest BCUT2D eigenvalue weighted by molar-refractivity contribution is 6.09. The van der Waals surface area contributed by atoms with Crippen LogP contribution in [-0.4, -0.2) is 10.9 Å². The van der Waals surface area contributed by atoms with Crippen molar-refractivity contribution in [2.24, 2.45) is 16.7 Å². The molecule has 2 aliphatic carbocycles. The minimum absolute atomic E-state index is 0.0534. The van der Waals surface area contributed by atoms with Crippen molar-refractivity contribution >= 4 is 11.5 Å². The molecule has 19 heavy (non-hydrogen) atoms. The Morgan fingerprint density at radius 2 is 1.84 bits per heavy atom. The van der Waals surface area contributed by atoms with Crippen molar-refractivity contribution in [3.8, 4) is 0 Å². The van der Waals surface area contributed by atoms with E-state index in [1.807, 2.05) is 30.3 Å². The standard InChI is InChI=1S/C17H20O2/c1-16(2)12-9-10-17(16,3)15(19)13(12)14(18)11-7-5-4-6-8-11/h4-8,12,18H,9-10H2,1-3H3/t12-,17-/m0/s1. The fourth-order valence-electron chi connectivity index (χ4n) is 3.89. The van der Waals surface area contributed by atoms with E-state index in [9.17, 15) is 9.90 Å². The third-order valence-electron chi connectivity index (χ3n) is 5.62. The Labute approximate surface area is 114 Å². The molecule has 0 heterocycles. The molecule has 2 aliphatic rings. The number of ketones is 1. The number of fused-ring (bicyclic) bond motifs is 2. The number of aliphatic hydroxyl groups is 1. The van der Waals surface area contributed by atoms with Gasteiger partial charge in [-0.05, 0) is 24.2 Å². The molecule has 3 rings (SSSR count). The Kier molecular flexibility index (Phi) is 2.44. The molecule has 2 heteroatoms. The Bertz CT molecular complexity index is 568. The Morgan fingerprint density at radius 1 is 1.21 bits per heavy atom. The van der Waals surface area contributed by atoms with Crippen LogP contribution < -0.4 is 0 Å². The Morgan fingerprint density at radius 3 is 2.37 bits per heavy atom. The Hall–Kier alpha value is -1.57. The molecule has 2 saturated carbocycles. The highest BCUT2D eigenvalue weighted by Gasteiger charge is 2.64. The van der Waals surface area contributed by atoms with Crippen molar-refractivity contribution in [3.63, 3.8) is 0 Å². The van der Waals surface area contributed by atoms with Crippen molar-refractivity contribution < 1.29 is 9.90 Å². The molecule has 2 nitrogen and oxygen atoms in total. The number of allylic oxidation sites excluding steroid dienone is 1. The first-order chi connectivity index (χ1) is 8.89. The molecule has 0 aliphatic heterocycles. The van der Waals surface area contributed by atoms with Gasteiger partial charge in [-0.3, -0.25) is 4.79 Å². The summed E-state index contributed by atoms with van der Waals surface area (Å²) in [5.74, 6) is 0.521. The molecule has 100 valence electrons. The number of hydrogen-bond acceptors (Lipinski definition) is 2. The number of aliphatic hydroxyl groups excluding tert-OH is 1.